The van der Waals surface area contributed by atoms with Crippen molar-refractivity contribution in [3.63, 3.8) is 0 Å². The first-order chi connectivity index (χ1) is 12.1. The summed E-state index contributed by atoms with van der Waals surface area (Å²) in [6.07, 6.45) is 3.28. The molecule has 7 heteroatoms. The Bertz CT molecular complexity index is 757. The summed E-state index contributed by atoms with van der Waals surface area (Å²) >= 11 is 0. The SMILES string of the molecule is COC1CCCC(C(NC(=O)Cc2noc3ccccc23)C(=O)O)C1. The number of carbonyl (C=O) groups is 2. The van der Waals surface area contributed by atoms with Crippen LogP contribution in [0, 0.1) is 5.92 Å². The van der Waals surface area contributed by atoms with Gasteiger partial charge in [-0.25, -0.2) is 4.79 Å². The second kappa shape index (κ2) is 7.65. The summed E-state index contributed by atoms with van der Waals surface area (Å²) in [5, 5.41) is 16.9. The molecule has 0 bridgehead atoms. The van der Waals surface area contributed by atoms with Crippen LogP contribution >= 0.6 is 0 Å². The van der Waals surface area contributed by atoms with Crippen molar-refractivity contribution in [2.75, 3.05) is 7.11 Å². The summed E-state index contributed by atoms with van der Waals surface area (Å²) < 4.78 is 10.5. The molecule has 1 aromatic heterocycles. The number of methoxy groups -OCH3 is 1. The molecule has 1 aliphatic rings. The van der Waals surface area contributed by atoms with Crippen molar-refractivity contribution in [2.45, 2.75) is 44.2 Å². The predicted octanol–water partition coefficient (Wildman–Crippen LogP) is 2.14. The molecule has 2 N–H and O–H groups in total. The number of ether oxygens (including phenoxy) is 1. The Balaban J connectivity index is 1.67. The number of aromatic nitrogens is 1. The molecule has 1 fully saturated rings. The van der Waals surface area contributed by atoms with Crippen molar-refractivity contribution in [1.29, 1.82) is 0 Å². The maximum absolute atomic E-state index is 12.4. The summed E-state index contributed by atoms with van der Waals surface area (Å²) in [6.45, 7) is 0. The average molecular weight is 346 g/mol. The fourth-order valence-electron chi connectivity index (χ4n) is 3.52. The molecule has 1 saturated carbocycles. The molecule has 1 amide bonds. The molecule has 3 atom stereocenters. The van der Waals surface area contributed by atoms with Gasteiger partial charge in [0.25, 0.3) is 0 Å². The van der Waals surface area contributed by atoms with E-state index in [2.05, 4.69) is 10.5 Å². The third-order valence-electron chi connectivity index (χ3n) is 4.83. The molecule has 0 saturated heterocycles. The fourth-order valence-corrected chi connectivity index (χ4v) is 3.52. The van der Waals surface area contributed by atoms with Gasteiger partial charge < -0.3 is 19.7 Å². The lowest BCUT2D eigenvalue weighted by atomic mass is 9.82. The number of hydrogen-bond donors (Lipinski definition) is 2. The molecular formula is C18H22N2O5. The van der Waals surface area contributed by atoms with E-state index in [4.69, 9.17) is 9.26 Å². The Morgan fingerprint density at radius 1 is 1.40 bits per heavy atom. The second-order valence-electron chi connectivity index (χ2n) is 6.47. The maximum atomic E-state index is 12.4. The van der Waals surface area contributed by atoms with Gasteiger partial charge in [-0.3, -0.25) is 4.79 Å². The Morgan fingerprint density at radius 3 is 2.96 bits per heavy atom. The average Bonchev–Trinajstić information content (AvgIpc) is 3.02. The zero-order chi connectivity index (χ0) is 17.8. The highest BCUT2D eigenvalue weighted by molar-refractivity contribution is 5.88. The monoisotopic (exact) mass is 346 g/mol. The van der Waals surface area contributed by atoms with Crippen molar-refractivity contribution < 1.29 is 24.0 Å². The molecule has 0 spiro atoms. The van der Waals surface area contributed by atoms with Crippen LogP contribution in [0.4, 0.5) is 0 Å². The number of benzene rings is 1. The second-order valence-corrected chi connectivity index (χ2v) is 6.47. The summed E-state index contributed by atoms with van der Waals surface area (Å²) in [7, 11) is 1.64. The highest BCUT2D eigenvalue weighted by Gasteiger charge is 2.34. The summed E-state index contributed by atoms with van der Waals surface area (Å²) in [4.78, 5) is 24.0. The van der Waals surface area contributed by atoms with Gasteiger partial charge in [0, 0.05) is 12.5 Å². The third-order valence-corrected chi connectivity index (χ3v) is 4.83. The van der Waals surface area contributed by atoms with Gasteiger partial charge in [0.1, 0.15) is 11.7 Å². The summed E-state index contributed by atoms with van der Waals surface area (Å²) in [5.74, 6) is -1.51. The molecule has 0 aliphatic heterocycles. The van der Waals surface area contributed by atoms with Crippen molar-refractivity contribution in [3.05, 3.63) is 30.0 Å². The van der Waals surface area contributed by atoms with Gasteiger partial charge in [-0.2, -0.15) is 0 Å². The molecule has 134 valence electrons. The van der Waals surface area contributed by atoms with Crippen molar-refractivity contribution in [1.82, 2.24) is 10.5 Å². The number of carboxylic acids is 1. The predicted molar refractivity (Wildman–Crippen MR) is 90.0 cm³/mol. The van der Waals surface area contributed by atoms with Gasteiger partial charge in [-0.05, 0) is 37.3 Å². The van der Waals surface area contributed by atoms with Crippen LogP contribution in [0.1, 0.15) is 31.4 Å². The molecular weight excluding hydrogens is 324 g/mol. The molecule has 1 aromatic carbocycles. The number of aliphatic carboxylic acids is 1. The molecule has 2 aromatic rings. The Morgan fingerprint density at radius 2 is 2.20 bits per heavy atom. The third kappa shape index (κ3) is 3.99. The summed E-state index contributed by atoms with van der Waals surface area (Å²) in [6, 6.07) is 6.36. The minimum absolute atomic E-state index is 0.0127. The van der Waals surface area contributed by atoms with Crippen LogP contribution in [0.3, 0.4) is 0 Å². The van der Waals surface area contributed by atoms with E-state index in [1.165, 1.54) is 0 Å². The molecule has 0 radical (unpaired) electrons. The van der Waals surface area contributed by atoms with E-state index in [1.54, 1.807) is 13.2 Å². The lowest BCUT2D eigenvalue weighted by molar-refractivity contribution is -0.144. The molecule has 3 rings (SSSR count). The zero-order valence-electron chi connectivity index (χ0n) is 14.1. The van der Waals surface area contributed by atoms with E-state index in [0.717, 1.165) is 24.6 Å². The number of amides is 1. The number of carbonyl (C=O) groups excluding carboxylic acids is 1. The molecule has 7 nitrogen and oxygen atoms in total. The lowest BCUT2D eigenvalue weighted by Crippen LogP contribution is -2.48. The topological polar surface area (TPSA) is 102 Å². The van der Waals surface area contributed by atoms with Crippen molar-refractivity contribution in [3.8, 4) is 0 Å². The number of nitrogens with zero attached hydrogens (tertiary/aromatic N) is 1. The van der Waals surface area contributed by atoms with E-state index in [-0.39, 0.29) is 24.3 Å². The smallest absolute Gasteiger partial charge is 0.326 e. The van der Waals surface area contributed by atoms with Gasteiger partial charge in [0.2, 0.25) is 5.91 Å². The van der Waals surface area contributed by atoms with Crippen LogP contribution in [-0.2, 0) is 20.7 Å². The van der Waals surface area contributed by atoms with Crippen LogP contribution in [0.2, 0.25) is 0 Å². The fraction of sp³-hybridized carbons (Fsp3) is 0.500. The summed E-state index contributed by atoms with van der Waals surface area (Å²) in [5.41, 5.74) is 1.12. The Hall–Kier alpha value is -2.41. The van der Waals surface area contributed by atoms with Crippen LogP contribution in [0.5, 0.6) is 0 Å². The van der Waals surface area contributed by atoms with Crippen LogP contribution in [0.25, 0.3) is 11.0 Å². The normalized spacial score (nSPS) is 21.8. The quantitative estimate of drug-likeness (QED) is 0.831. The molecule has 3 unspecified atom stereocenters. The Labute approximate surface area is 145 Å². The minimum atomic E-state index is -1.01. The number of fused-ring (bicyclic) bond motifs is 1. The van der Waals surface area contributed by atoms with Gasteiger partial charge in [0.05, 0.1) is 12.5 Å². The van der Waals surface area contributed by atoms with E-state index in [0.29, 0.717) is 17.7 Å². The van der Waals surface area contributed by atoms with E-state index in [1.807, 2.05) is 18.2 Å². The number of para-hydroxylation sites is 1. The van der Waals surface area contributed by atoms with E-state index < -0.39 is 12.0 Å². The number of rotatable bonds is 6. The molecule has 1 heterocycles. The first-order valence-corrected chi connectivity index (χ1v) is 8.46. The minimum Gasteiger partial charge on any atom is -0.480 e. The number of carboxylic acid groups (broad SMARTS) is 1. The van der Waals surface area contributed by atoms with Crippen LogP contribution < -0.4 is 5.32 Å². The largest absolute Gasteiger partial charge is 0.480 e. The van der Waals surface area contributed by atoms with Gasteiger partial charge in [-0.15, -0.1) is 0 Å². The van der Waals surface area contributed by atoms with Crippen LogP contribution in [0.15, 0.2) is 28.8 Å². The standard InChI is InChI=1S/C18H22N2O5/c1-24-12-6-4-5-11(9-12)17(18(22)23)19-16(21)10-14-13-7-2-3-8-15(13)25-20-14/h2-3,7-8,11-12,17H,4-6,9-10H2,1H3,(H,19,21)(H,22,23). The number of hydrogen-bond acceptors (Lipinski definition) is 5. The molecule has 1 aliphatic carbocycles. The first-order valence-electron chi connectivity index (χ1n) is 8.46. The highest BCUT2D eigenvalue weighted by Crippen LogP contribution is 2.29. The van der Waals surface area contributed by atoms with Gasteiger partial charge in [0.15, 0.2) is 5.58 Å². The maximum Gasteiger partial charge on any atom is 0.326 e. The number of nitrogens with one attached hydrogen (secondary N) is 1. The lowest BCUT2D eigenvalue weighted by Gasteiger charge is -2.32. The molecule has 25 heavy (non-hydrogen) atoms. The van der Waals surface area contributed by atoms with Crippen molar-refractivity contribution >= 4 is 22.8 Å². The van der Waals surface area contributed by atoms with Gasteiger partial charge in [-0.1, -0.05) is 23.7 Å². The highest BCUT2D eigenvalue weighted by atomic mass is 16.5. The van der Waals surface area contributed by atoms with Gasteiger partial charge >= 0.3 is 5.97 Å². The Kier molecular flexibility index (Phi) is 5.33. The first kappa shape index (κ1) is 17.4. The van der Waals surface area contributed by atoms with E-state index in [9.17, 15) is 14.7 Å². The zero-order valence-corrected chi connectivity index (χ0v) is 14.1. The van der Waals surface area contributed by atoms with Crippen molar-refractivity contribution in [2.24, 2.45) is 5.92 Å². The van der Waals surface area contributed by atoms with Crippen LogP contribution in [-0.4, -0.2) is 41.4 Å². The van der Waals surface area contributed by atoms with E-state index >= 15 is 0 Å².